The van der Waals surface area contributed by atoms with E-state index in [1.807, 2.05) is 6.92 Å². The average Bonchev–Trinajstić information content (AvgIpc) is 3.11. The van der Waals surface area contributed by atoms with Gasteiger partial charge in [-0.2, -0.15) is 0 Å². The van der Waals surface area contributed by atoms with E-state index in [1.165, 1.54) is 38.1 Å². The Morgan fingerprint density at radius 2 is 1.91 bits per heavy atom. The number of carboxylic acid groups (broad SMARTS) is 1. The number of likely N-dealkylation sites (N-methyl/N-ethyl adjacent to an activating group) is 1. The topological polar surface area (TPSA) is 115 Å². The van der Waals surface area contributed by atoms with Crippen molar-refractivity contribution in [3.63, 3.8) is 0 Å². The molecular weight excluding hydrogens is 528 g/mol. The normalized spacial score (nSPS) is 15.6. The number of nitrogens with zero attached hydrogens (tertiary/aromatic N) is 2. The van der Waals surface area contributed by atoms with Crippen LogP contribution in [0, 0.1) is 0 Å². The van der Waals surface area contributed by atoms with Crippen LogP contribution in [0.2, 0.25) is 0 Å². The first-order valence-corrected chi connectivity index (χ1v) is 11.6. The van der Waals surface area contributed by atoms with Crippen LogP contribution in [0.4, 0.5) is 5.69 Å². The monoisotopic (exact) mass is 548 g/mol. The fraction of sp³-hybridized carbons (Fsp3) is 0.217. The van der Waals surface area contributed by atoms with Gasteiger partial charge < -0.3 is 19.3 Å². The molecule has 2 aromatic rings. The quantitative estimate of drug-likeness (QED) is 0.382. The molecule has 1 aliphatic rings. The van der Waals surface area contributed by atoms with Gasteiger partial charge in [-0.3, -0.25) is 9.69 Å². The Balaban J connectivity index is 1.89. The Hall–Kier alpha value is -3.31. The summed E-state index contributed by atoms with van der Waals surface area (Å²) in [5.74, 6) is -1.04. The maximum atomic E-state index is 13.0. The number of amides is 1. The van der Waals surface area contributed by atoms with E-state index in [-0.39, 0.29) is 18.1 Å². The maximum Gasteiger partial charge on any atom is 0.343 e. The van der Waals surface area contributed by atoms with Crippen LogP contribution in [0.3, 0.4) is 0 Å². The third-order valence-electron chi connectivity index (χ3n) is 4.65. The van der Waals surface area contributed by atoms with E-state index >= 15 is 0 Å². The van der Waals surface area contributed by atoms with E-state index < -0.39 is 11.9 Å². The second-order valence-electron chi connectivity index (χ2n) is 6.81. The molecule has 1 saturated heterocycles. The molecule has 2 aromatic carbocycles. The Kier molecular flexibility index (Phi) is 8.35. The number of hydrogen-bond acceptors (Lipinski definition) is 8. The Morgan fingerprint density at radius 1 is 1.21 bits per heavy atom. The summed E-state index contributed by atoms with van der Waals surface area (Å²) in [6.45, 7) is 1.99. The van der Waals surface area contributed by atoms with Gasteiger partial charge in [-0.05, 0) is 82.7 Å². The van der Waals surface area contributed by atoms with Gasteiger partial charge in [0, 0.05) is 6.54 Å². The minimum Gasteiger partial charge on any atom is -0.493 e. The van der Waals surface area contributed by atoms with Gasteiger partial charge in [0.1, 0.15) is 0 Å². The van der Waals surface area contributed by atoms with E-state index in [0.717, 1.165) is 0 Å². The molecule has 0 saturated carbocycles. The van der Waals surface area contributed by atoms with Crippen molar-refractivity contribution >= 4 is 62.5 Å². The smallest absolute Gasteiger partial charge is 0.343 e. The van der Waals surface area contributed by atoms with E-state index in [0.29, 0.717) is 43.8 Å². The molecule has 1 heterocycles. The van der Waals surface area contributed by atoms with Gasteiger partial charge in [-0.15, -0.1) is 0 Å². The molecule has 1 aliphatic heterocycles. The first-order valence-electron chi connectivity index (χ1n) is 9.98. The van der Waals surface area contributed by atoms with Crippen molar-refractivity contribution in [2.45, 2.75) is 6.92 Å². The molecule has 0 spiro atoms. The van der Waals surface area contributed by atoms with Crippen molar-refractivity contribution in [2.24, 2.45) is 4.99 Å². The molecule has 9 nitrogen and oxygen atoms in total. The predicted octanol–water partition coefficient (Wildman–Crippen LogP) is 4.33. The third kappa shape index (κ3) is 5.78. The van der Waals surface area contributed by atoms with Crippen LogP contribution in [0.25, 0.3) is 6.08 Å². The molecule has 0 unspecified atom stereocenters. The largest absolute Gasteiger partial charge is 0.493 e. The van der Waals surface area contributed by atoms with Crippen LogP contribution in [0.1, 0.15) is 22.8 Å². The zero-order chi connectivity index (χ0) is 24.8. The van der Waals surface area contributed by atoms with Gasteiger partial charge in [0.15, 0.2) is 23.3 Å². The number of aromatic carboxylic acids is 1. The fourth-order valence-corrected chi connectivity index (χ4v) is 4.60. The van der Waals surface area contributed by atoms with Crippen LogP contribution >= 0.6 is 27.7 Å². The second-order valence-corrected chi connectivity index (χ2v) is 8.67. The van der Waals surface area contributed by atoms with Crippen molar-refractivity contribution in [1.29, 1.82) is 0 Å². The number of methoxy groups -OCH3 is 2. The molecule has 0 bridgehead atoms. The summed E-state index contributed by atoms with van der Waals surface area (Å²) in [6.07, 6.45) is 1.71. The van der Waals surface area contributed by atoms with Crippen LogP contribution in [-0.2, 0) is 14.3 Å². The Labute approximate surface area is 208 Å². The first-order chi connectivity index (χ1) is 16.3. The average molecular weight is 549 g/mol. The van der Waals surface area contributed by atoms with Crippen LogP contribution in [0.5, 0.6) is 11.5 Å². The highest BCUT2D eigenvalue weighted by Crippen LogP contribution is 2.39. The minimum absolute atomic E-state index is 0.158. The van der Waals surface area contributed by atoms with E-state index in [9.17, 15) is 14.4 Å². The zero-order valence-corrected chi connectivity index (χ0v) is 20.9. The number of carboxylic acids is 1. The highest BCUT2D eigenvalue weighted by Gasteiger charge is 2.32. The van der Waals surface area contributed by atoms with Gasteiger partial charge in [0.2, 0.25) is 0 Å². The molecule has 34 heavy (non-hydrogen) atoms. The number of hydrogen-bond donors (Lipinski definition) is 1. The number of carbonyl (C=O) groups is 3. The Bertz CT molecular complexity index is 1180. The zero-order valence-electron chi connectivity index (χ0n) is 18.5. The predicted molar refractivity (Wildman–Crippen MR) is 132 cm³/mol. The summed E-state index contributed by atoms with van der Waals surface area (Å²) in [5.41, 5.74) is 1.37. The summed E-state index contributed by atoms with van der Waals surface area (Å²) < 4.78 is 16.0. The summed E-state index contributed by atoms with van der Waals surface area (Å²) in [6, 6.07) is 9.53. The highest BCUT2D eigenvalue weighted by molar-refractivity contribution is 9.10. The summed E-state index contributed by atoms with van der Waals surface area (Å²) in [4.78, 5) is 41.9. The summed E-state index contributed by atoms with van der Waals surface area (Å²) in [7, 11) is 2.74. The van der Waals surface area contributed by atoms with Gasteiger partial charge >= 0.3 is 11.9 Å². The van der Waals surface area contributed by atoms with Crippen LogP contribution in [0.15, 0.2) is 50.8 Å². The molecule has 178 valence electrons. The standard InChI is InChI=1S/C23H21BrN2O7S/c1-4-26-21(28)18(34-23(26)25-15-7-5-14(6-8-15)22(29)30)11-13-9-16(24)20(17(10-13)31-2)33-12-19(27)32-3/h5-11H,4,12H2,1-3H3,(H,29,30)/b18-11+,25-23?. The van der Waals surface area contributed by atoms with Crippen molar-refractivity contribution in [3.8, 4) is 11.5 Å². The lowest BCUT2D eigenvalue weighted by Crippen LogP contribution is -2.28. The molecule has 1 amide bonds. The summed E-state index contributed by atoms with van der Waals surface area (Å²) >= 11 is 4.63. The molecule has 1 fully saturated rings. The number of carbonyl (C=O) groups excluding carboxylic acids is 2. The van der Waals surface area contributed by atoms with Gasteiger partial charge in [-0.1, -0.05) is 0 Å². The number of esters is 1. The van der Waals surface area contributed by atoms with Gasteiger partial charge in [0.25, 0.3) is 5.91 Å². The van der Waals surface area contributed by atoms with E-state index in [1.54, 1.807) is 35.2 Å². The molecular formula is C23H21BrN2O7S. The van der Waals surface area contributed by atoms with Crippen molar-refractivity contribution < 1.29 is 33.7 Å². The van der Waals surface area contributed by atoms with Crippen molar-refractivity contribution in [3.05, 3.63) is 56.9 Å². The lowest BCUT2D eigenvalue weighted by Gasteiger charge is -2.13. The fourth-order valence-electron chi connectivity index (χ4n) is 2.96. The molecule has 0 radical (unpaired) electrons. The van der Waals surface area contributed by atoms with Crippen molar-refractivity contribution in [2.75, 3.05) is 27.4 Å². The molecule has 0 atom stereocenters. The number of ether oxygens (including phenoxy) is 3. The molecule has 3 rings (SSSR count). The number of aliphatic imine (C=N–C) groups is 1. The maximum absolute atomic E-state index is 13.0. The molecule has 11 heteroatoms. The number of rotatable bonds is 8. The number of halogens is 1. The summed E-state index contributed by atoms with van der Waals surface area (Å²) in [5, 5.41) is 9.54. The Morgan fingerprint density at radius 3 is 2.50 bits per heavy atom. The van der Waals surface area contributed by atoms with Gasteiger partial charge in [0.05, 0.1) is 34.8 Å². The lowest BCUT2D eigenvalue weighted by atomic mass is 10.2. The molecule has 0 aromatic heterocycles. The highest BCUT2D eigenvalue weighted by atomic mass is 79.9. The number of amidine groups is 1. The molecule has 1 N–H and O–H groups in total. The third-order valence-corrected chi connectivity index (χ3v) is 6.25. The molecule has 0 aliphatic carbocycles. The van der Waals surface area contributed by atoms with E-state index in [4.69, 9.17) is 14.6 Å². The first kappa shape index (κ1) is 25.3. The van der Waals surface area contributed by atoms with Crippen molar-refractivity contribution in [1.82, 2.24) is 4.90 Å². The van der Waals surface area contributed by atoms with Gasteiger partial charge in [-0.25, -0.2) is 14.6 Å². The minimum atomic E-state index is -1.02. The van der Waals surface area contributed by atoms with Crippen LogP contribution in [-0.4, -0.2) is 60.4 Å². The number of thioether (sulfide) groups is 1. The lowest BCUT2D eigenvalue weighted by molar-refractivity contribution is -0.143. The van der Waals surface area contributed by atoms with Crippen LogP contribution < -0.4 is 9.47 Å². The second kappa shape index (κ2) is 11.2. The SMILES string of the molecule is CCN1C(=O)/C(=C\c2cc(Br)c(OCC(=O)OC)c(OC)c2)SC1=Nc1ccc(C(=O)O)cc1. The van der Waals surface area contributed by atoms with E-state index in [2.05, 4.69) is 25.7 Å². The number of benzene rings is 2.